The molecule has 138 valence electrons. The molecule has 1 fully saturated rings. The first-order valence-corrected chi connectivity index (χ1v) is 9.84. The number of carbonyl (C=O) groups excluding carboxylic acids is 2. The van der Waals surface area contributed by atoms with Crippen molar-refractivity contribution in [3.8, 4) is 0 Å². The lowest BCUT2D eigenvalue weighted by Gasteiger charge is -2.31. The van der Waals surface area contributed by atoms with E-state index in [-0.39, 0.29) is 24.3 Å². The van der Waals surface area contributed by atoms with E-state index in [2.05, 4.69) is 10.6 Å². The van der Waals surface area contributed by atoms with Gasteiger partial charge in [-0.25, -0.2) is 8.42 Å². The smallest absolute Gasteiger partial charge is 0.243 e. The van der Waals surface area contributed by atoms with Gasteiger partial charge in [0.25, 0.3) is 0 Å². The molecule has 0 bridgehead atoms. The average Bonchev–Trinajstić information content (AvgIpc) is 2.58. The SMILES string of the molecule is CC(=O)NCCNC(=O)C1CCCN(S(=O)(=O)c2ccccc2C)C1. The Morgan fingerprint density at radius 3 is 2.56 bits per heavy atom. The van der Waals surface area contributed by atoms with Gasteiger partial charge < -0.3 is 10.6 Å². The Labute approximate surface area is 148 Å². The summed E-state index contributed by atoms with van der Waals surface area (Å²) >= 11 is 0. The molecule has 1 aromatic rings. The fraction of sp³-hybridized carbons (Fsp3) is 0.529. The lowest BCUT2D eigenvalue weighted by atomic mass is 9.99. The van der Waals surface area contributed by atoms with Crippen LogP contribution in [0.25, 0.3) is 0 Å². The van der Waals surface area contributed by atoms with Crippen molar-refractivity contribution in [3.05, 3.63) is 29.8 Å². The molecule has 0 spiro atoms. The van der Waals surface area contributed by atoms with Gasteiger partial charge >= 0.3 is 0 Å². The van der Waals surface area contributed by atoms with E-state index in [1.165, 1.54) is 11.2 Å². The van der Waals surface area contributed by atoms with Crippen molar-refractivity contribution in [2.24, 2.45) is 5.92 Å². The predicted octanol–water partition coefficient (Wildman–Crippen LogP) is 0.648. The van der Waals surface area contributed by atoms with Crippen molar-refractivity contribution >= 4 is 21.8 Å². The second-order valence-corrected chi connectivity index (χ2v) is 8.15. The molecule has 2 amide bonds. The highest BCUT2D eigenvalue weighted by molar-refractivity contribution is 7.89. The third-order valence-corrected chi connectivity index (χ3v) is 6.29. The molecule has 0 aliphatic carbocycles. The van der Waals surface area contributed by atoms with Gasteiger partial charge in [-0.05, 0) is 31.4 Å². The Balaban J connectivity index is 1.99. The lowest BCUT2D eigenvalue weighted by Crippen LogP contribution is -2.46. The number of hydrogen-bond donors (Lipinski definition) is 2. The minimum Gasteiger partial charge on any atom is -0.355 e. The van der Waals surface area contributed by atoms with E-state index in [4.69, 9.17) is 0 Å². The third kappa shape index (κ3) is 5.02. The maximum Gasteiger partial charge on any atom is 0.243 e. The Morgan fingerprint density at radius 2 is 1.88 bits per heavy atom. The summed E-state index contributed by atoms with van der Waals surface area (Å²) in [5.41, 5.74) is 0.699. The summed E-state index contributed by atoms with van der Waals surface area (Å²) in [4.78, 5) is 23.4. The van der Waals surface area contributed by atoms with E-state index in [1.807, 2.05) is 0 Å². The van der Waals surface area contributed by atoms with E-state index >= 15 is 0 Å². The van der Waals surface area contributed by atoms with Gasteiger partial charge in [-0.15, -0.1) is 0 Å². The summed E-state index contributed by atoms with van der Waals surface area (Å²) in [6.45, 7) is 4.48. The molecule has 0 aromatic heterocycles. The minimum absolute atomic E-state index is 0.151. The number of sulfonamides is 1. The van der Waals surface area contributed by atoms with Crippen molar-refractivity contribution in [2.45, 2.75) is 31.6 Å². The Morgan fingerprint density at radius 1 is 1.20 bits per heavy atom. The summed E-state index contributed by atoms with van der Waals surface area (Å²) in [5.74, 6) is -0.692. The summed E-state index contributed by atoms with van der Waals surface area (Å²) in [6.07, 6.45) is 1.31. The van der Waals surface area contributed by atoms with Crippen LogP contribution < -0.4 is 10.6 Å². The number of carbonyl (C=O) groups is 2. The maximum atomic E-state index is 12.9. The Bertz CT molecular complexity index is 733. The van der Waals surface area contributed by atoms with E-state index < -0.39 is 10.0 Å². The fourth-order valence-electron chi connectivity index (χ4n) is 2.93. The first kappa shape index (κ1) is 19.4. The lowest BCUT2D eigenvalue weighted by molar-refractivity contribution is -0.126. The van der Waals surface area contributed by atoms with Crippen LogP contribution in [0.4, 0.5) is 0 Å². The van der Waals surface area contributed by atoms with Crippen LogP contribution in [0.1, 0.15) is 25.3 Å². The van der Waals surface area contributed by atoms with Gasteiger partial charge in [0.15, 0.2) is 0 Å². The van der Waals surface area contributed by atoms with Gasteiger partial charge in [0.1, 0.15) is 0 Å². The number of rotatable bonds is 6. The van der Waals surface area contributed by atoms with E-state index in [9.17, 15) is 18.0 Å². The number of amides is 2. The molecule has 1 aromatic carbocycles. The number of nitrogens with zero attached hydrogens (tertiary/aromatic N) is 1. The number of benzene rings is 1. The van der Waals surface area contributed by atoms with Crippen LogP contribution in [0.15, 0.2) is 29.2 Å². The topological polar surface area (TPSA) is 95.6 Å². The van der Waals surface area contributed by atoms with Gasteiger partial charge in [-0.3, -0.25) is 9.59 Å². The van der Waals surface area contributed by atoms with Gasteiger partial charge in [0, 0.05) is 33.1 Å². The third-order valence-electron chi connectivity index (χ3n) is 4.26. The zero-order valence-corrected chi connectivity index (χ0v) is 15.4. The second kappa shape index (κ2) is 8.44. The number of hydrogen-bond acceptors (Lipinski definition) is 4. The Hall–Kier alpha value is -1.93. The van der Waals surface area contributed by atoms with E-state index in [1.54, 1.807) is 31.2 Å². The van der Waals surface area contributed by atoms with Crippen LogP contribution in [0.3, 0.4) is 0 Å². The quantitative estimate of drug-likeness (QED) is 0.722. The fourth-order valence-corrected chi connectivity index (χ4v) is 4.68. The van der Waals surface area contributed by atoms with Crippen LogP contribution >= 0.6 is 0 Å². The summed E-state index contributed by atoms with van der Waals surface area (Å²) in [7, 11) is -3.60. The van der Waals surface area contributed by atoms with Crippen molar-refractivity contribution in [2.75, 3.05) is 26.2 Å². The van der Waals surface area contributed by atoms with Crippen LogP contribution in [0, 0.1) is 12.8 Å². The number of aryl methyl sites for hydroxylation is 1. The zero-order valence-electron chi connectivity index (χ0n) is 14.6. The van der Waals surface area contributed by atoms with E-state index in [0.29, 0.717) is 42.9 Å². The highest BCUT2D eigenvalue weighted by atomic mass is 32.2. The molecule has 1 heterocycles. The molecule has 25 heavy (non-hydrogen) atoms. The van der Waals surface area contributed by atoms with Gasteiger partial charge in [0.2, 0.25) is 21.8 Å². The molecule has 1 aliphatic heterocycles. The summed E-state index contributed by atoms with van der Waals surface area (Å²) in [5, 5.41) is 5.36. The van der Waals surface area contributed by atoms with Crippen LogP contribution in [0.2, 0.25) is 0 Å². The number of nitrogens with one attached hydrogen (secondary N) is 2. The molecule has 7 nitrogen and oxygen atoms in total. The second-order valence-electron chi connectivity index (χ2n) is 6.24. The first-order valence-electron chi connectivity index (χ1n) is 8.40. The van der Waals surface area contributed by atoms with Crippen LogP contribution in [0.5, 0.6) is 0 Å². The monoisotopic (exact) mass is 367 g/mol. The molecule has 2 N–H and O–H groups in total. The van der Waals surface area contributed by atoms with Crippen LogP contribution in [-0.4, -0.2) is 50.7 Å². The Kier molecular flexibility index (Phi) is 6.55. The van der Waals surface area contributed by atoms with Gasteiger partial charge in [-0.1, -0.05) is 18.2 Å². The average molecular weight is 367 g/mol. The largest absolute Gasteiger partial charge is 0.355 e. The highest BCUT2D eigenvalue weighted by Gasteiger charge is 2.33. The molecule has 1 aliphatic rings. The van der Waals surface area contributed by atoms with Crippen molar-refractivity contribution in [1.82, 2.24) is 14.9 Å². The maximum absolute atomic E-state index is 12.9. The minimum atomic E-state index is -3.60. The van der Waals surface area contributed by atoms with Gasteiger partial charge in [0.05, 0.1) is 10.8 Å². The predicted molar refractivity (Wildman–Crippen MR) is 94.4 cm³/mol. The van der Waals surface area contributed by atoms with Gasteiger partial charge in [-0.2, -0.15) is 4.31 Å². The molecule has 0 saturated carbocycles. The number of piperidine rings is 1. The molecule has 1 unspecified atom stereocenters. The van der Waals surface area contributed by atoms with Crippen molar-refractivity contribution < 1.29 is 18.0 Å². The van der Waals surface area contributed by atoms with Crippen molar-refractivity contribution in [1.29, 1.82) is 0 Å². The summed E-state index contributed by atoms with van der Waals surface area (Å²) < 4.78 is 27.1. The molecule has 8 heteroatoms. The molecule has 2 rings (SSSR count). The molecule has 1 atom stereocenters. The van der Waals surface area contributed by atoms with E-state index in [0.717, 1.165) is 0 Å². The summed E-state index contributed by atoms with van der Waals surface area (Å²) in [6, 6.07) is 6.87. The highest BCUT2D eigenvalue weighted by Crippen LogP contribution is 2.25. The van der Waals surface area contributed by atoms with Crippen LogP contribution in [-0.2, 0) is 19.6 Å². The molecular formula is C17H25N3O4S. The molecule has 1 saturated heterocycles. The normalized spacial score (nSPS) is 18.6. The zero-order chi connectivity index (χ0) is 18.4. The molecular weight excluding hydrogens is 342 g/mol. The molecule has 0 radical (unpaired) electrons. The first-order chi connectivity index (χ1) is 11.8. The standard InChI is InChI=1S/C17H25N3O4S/c1-13-6-3-4-8-16(13)25(23,24)20-11-5-7-15(12-20)17(22)19-10-9-18-14(2)21/h3-4,6,8,15H,5,7,9-12H2,1-2H3,(H,18,21)(H,19,22). The van der Waals surface area contributed by atoms with Crippen molar-refractivity contribution in [3.63, 3.8) is 0 Å².